The molecule has 1 unspecified atom stereocenters. The highest BCUT2D eigenvalue weighted by Crippen LogP contribution is 2.16. The number of aryl methyl sites for hydroxylation is 2. The summed E-state index contributed by atoms with van der Waals surface area (Å²) >= 11 is 0. The first-order valence-electron chi connectivity index (χ1n) is 6.71. The van der Waals surface area contributed by atoms with Crippen LogP contribution in [-0.2, 0) is 27.8 Å². The zero-order valence-corrected chi connectivity index (χ0v) is 12.9. The van der Waals surface area contributed by atoms with E-state index in [9.17, 15) is 9.00 Å². The van der Waals surface area contributed by atoms with Crippen LogP contribution in [0.15, 0.2) is 47.4 Å². The van der Waals surface area contributed by atoms with Crippen LogP contribution in [0.3, 0.4) is 0 Å². The molecule has 0 aliphatic carbocycles. The van der Waals surface area contributed by atoms with Crippen molar-refractivity contribution >= 4 is 16.8 Å². The maximum Gasteiger partial charge on any atom is 0.307 e. The van der Waals surface area contributed by atoms with Gasteiger partial charge in [-0.1, -0.05) is 30.3 Å². The SMILES string of the molecule is Cc1ccc(CS(=O)c2ccc(CC(=O)O)cc2)cc1C. The molecular weight excluding hydrogens is 284 g/mol. The number of hydrogen-bond acceptors (Lipinski definition) is 2. The Kier molecular flexibility index (Phi) is 4.91. The van der Waals surface area contributed by atoms with Gasteiger partial charge in [0.05, 0.1) is 23.0 Å². The van der Waals surface area contributed by atoms with Crippen LogP contribution in [0.5, 0.6) is 0 Å². The molecule has 2 rings (SSSR count). The van der Waals surface area contributed by atoms with Crippen LogP contribution in [0.2, 0.25) is 0 Å². The van der Waals surface area contributed by atoms with Crippen LogP contribution in [0, 0.1) is 13.8 Å². The van der Waals surface area contributed by atoms with Crippen LogP contribution in [0.25, 0.3) is 0 Å². The van der Waals surface area contributed by atoms with E-state index in [1.807, 2.05) is 19.1 Å². The lowest BCUT2D eigenvalue weighted by atomic mass is 10.1. The molecule has 0 bridgehead atoms. The van der Waals surface area contributed by atoms with E-state index in [2.05, 4.69) is 13.0 Å². The fourth-order valence-electron chi connectivity index (χ4n) is 2.06. The molecule has 4 heteroatoms. The standard InChI is InChI=1S/C17H18O3S/c1-12-3-4-15(9-13(12)2)11-21(20)16-7-5-14(6-8-16)10-17(18)19/h3-9H,10-11H2,1-2H3,(H,18,19). The Bertz CT molecular complexity index is 675. The lowest BCUT2D eigenvalue weighted by molar-refractivity contribution is -0.136. The number of rotatable bonds is 5. The van der Waals surface area contributed by atoms with Crippen LogP contribution < -0.4 is 0 Å². The second-order valence-corrected chi connectivity index (χ2v) is 6.57. The average Bonchev–Trinajstić information content (AvgIpc) is 2.43. The summed E-state index contributed by atoms with van der Waals surface area (Å²) in [6.45, 7) is 4.10. The normalized spacial score (nSPS) is 12.1. The summed E-state index contributed by atoms with van der Waals surface area (Å²) in [6.07, 6.45) is -0.00985. The molecule has 0 fully saturated rings. The van der Waals surface area contributed by atoms with Crippen molar-refractivity contribution in [2.24, 2.45) is 0 Å². The first-order valence-corrected chi connectivity index (χ1v) is 8.03. The number of aliphatic carboxylic acids is 1. The van der Waals surface area contributed by atoms with E-state index in [0.717, 1.165) is 16.0 Å². The Morgan fingerprint density at radius 2 is 1.62 bits per heavy atom. The number of carboxylic acids is 1. The third kappa shape index (κ3) is 4.26. The molecule has 0 aromatic heterocycles. The summed E-state index contributed by atoms with van der Waals surface area (Å²) in [4.78, 5) is 11.4. The van der Waals surface area contributed by atoms with Crippen LogP contribution in [0.1, 0.15) is 22.3 Å². The van der Waals surface area contributed by atoms with Gasteiger partial charge in [-0.15, -0.1) is 0 Å². The van der Waals surface area contributed by atoms with Crippen molar-refractivity contribution in [1.29, 1.82) is 0 Å². The monoisotopic (exact) mass is 302 g/mol. The average molecular weight is 302 g/mol. The van der Waals surface area contributed by atoms with Gasteiger partial charge < -0.3 is 5.11 Å². The number of benzene rings is 2. The molecule has 1 atom stereocenters. The van der Waals surface area contributed by atoms with Gasteiger partial charge in [-0.05, 0) is 48.2 Å². The minimum Gasteiger partial charge on any atom is -0.481 e. The van der Waals surface area contributed by atoms with Gasteiger partial charge in [-0.2, -0.15) is 0 Å². The summed E-state index contributed by atoms with van der Waals surface area (Å²) < 4.78 is 12.3. The molecule has 21 heavy (non-hydrogen) atoms. The minimum absolute atomic E-state index is 0.00985. The minimum atomic E-state index is -1.12. The third-order valence-electron chi connectivity index (χ3n) is 3.41. The van der Waals surface area contributed by atoms with E-state index in [4.69, 9.17) is 5.11 Å². The van der Waals surface area contributed by atoms with Crippen LogP contribution in [-0.4, -0.2) is 15.3 Å². The summed E-state index contributed by atoms with van der Waals surface area (Å²) in [6, 6.07) is 13.0. The fourth-order valence-corrected chi connectivity index (χ4v) is 3.15. The van der Waals surface area contributed by atoms with Crippen LogP contribution in [0.4, 0.5) is 0 Å². The Balaban J connectivity index is 2.09. The van der Waals surface area contributed by atoms with E-state index in [1.165, 1.54) is 11.1 Å². The second-order valence-electron chi connectivity index (χ2n) is 5.12. The largest absolute Gasteiger partial charge is 0.481 e. The maximum atomic E-state index is 12.3. The van der Waals surface area contributed by atoms with Crippen molar-refractivity contribution in [2.75, 3.05) is 0 Å². The topological polar surface area (TPSA) is 54.4 Å². The van der Waals surface area contributed by atoms with Gasteiger partial charge in [-0.3, -0.25) is 9.00 Å². The van der Waals surface area contributed by atoms with Gasteiger partial charge >= 0.3 is 5.97 Å². The van der Waals surface area contributed by atoms with E-state index in [-0.39, 0.29) is 6.42 Å². The number of hydrogen-bond donors (Lipinski definition) is 1. The van der Waals surface area contributed by atoms with Gasteiger partial charge in [0.2, 0.25) is 0 Å². The Morgan fingerprint density at radius 1 is 1.00 bits per heavy atom. The zero-order valence-electron chi connectivity index (χ0n) is 12.1. The molecule has 110 valence electrons. The van der Waals surface area contributed by atoms with E-state index >= 15 is 0 Å². The van der Waals surface area contributed by atoms with Crippen molar-refractivity contribution in [3.63, 3.8) is 0 Å². The molecule has 1 N–H and O–H groups in total. The predicted octanol–water partition coefficient (Wildman–Crippen LogP) is 3.24. The van der Waals surface area contributed by atoms with E-state index in [1.54, 1.807) is 24.3 Å². The van der Waals surface area contributed by atoms with Crippen molar-refractivity contribution in [1.82, 2.24) is 0 Å². The quantitative estimate of drug-likeness (QED) is 0.922. The highest BCUT2D eigenvalue weighted by molar-refractivity contribution is 7.84. The Hall–Kier alpha value is -1.94. The number of carboxylic acid groups (broad SMARTS) is 1. The molecule has 3 nitrogen and oxygen atoms in total. The maximum absolute atomic E-state index is 12.3. The number of carbonyl (C=O) groups is 1. The highest BCUT2D eigenvalue weighted by Gasteiger charge is 2.07. The molecule has 0 aliphatic rings. The molecule has 2 aromatic rings. The fraction of sp³-hybridized carbons (Fsp3) is 0.235. The van der Waals surface area contributed by atoms with Gasteiger partial charge in [0.1, 0.15) is 0 Å². The van der Waals surface area contributed by atoms with Gasteiger partial charge in [0, 0.05) is 4.90 Å². The van der Waals surface area contributed by atoms with Crippen LogP contribution >= 0.6 is 0 Å². The zero-order chi connectivity index (χ0) is 15.4. The molecule has 0 aliphatic heterocycles. The molecule has 2 aromatic carbocycles. The van der Waals surface area contributed by atoms with Crippen molar-refractivity contribution in [3.8, 4) is 0 Å². The third-order valence-corrected chi connectivity index (χ3v) is 4.80. The first kappa shape index (κ1) is 15.4. The van der Waals surface area contributed by atoms with Gasteiger partial charge in [0.15, 0.2) is 0 Å². The molecule has 0 radical (unpaired) electrons. The first-order chi connectivity index (χ1) is 9.95. The van der Waals surface area contributed by atoms with Crippen molar-refractivity contribution < 1.29 is 14.1 Å². The van der Waals surface area contributed by atoms with Crippen molar-refractivity contribution in [2.45, 2.75) is 30.9 Å². The molecule has 0 amide bonds. The second kappa shape index (κ2) is 6.68. The Labute approximate surface area is 127 Å². The van der Waals surface area contributed by atoms with Crippen molar-refractivity contribution in [3.05, 3.63) is 64.7 Å². The van der Waals surface area contributed by atoms with Gasteiger partial charge in [-0.25, -0.2) is 0 Å². The molecule has 0 spiro atoms. The summed E-state index contributed by atoms with van der Waals surface area (Å²) in [5.74, 6) is -0.390. The van der Waals surface area contributed by atoms with E-state index < -0.39 is 16.8 Å². The predicted molar refractivity (Wildman–Crippen MR) is 83.8 cm³/mol. The molecule has 0 heterocycles. The lowest BCUT2D eigenvalue weighted by Gasteiger charge is -2.06. The molecule has 0 saturated heterocycles. The summed E-state index contributed by atoms with van der Waals surface area (Å²) in [7, 11) is -1.12. The van der Waals surface area contributed by atoms with Gasteiger partial charge in [0.25, 0.3) is 0 Å². The lowest BCUT2D eigenvalue weighted by Crippen LogP contribution is -2.01. The smallest absolute Gasteiger partial charge is 0.307 e. The Morgan fingerprint density at radius 3 is 2.19 bits per heavy atom. The summed E-state index contributed by atoms with van der Waals surface area (Å²) in [5.41, 5.74) is 4.18. The highest BCUT2D eigenvalue weighted by atomic mass is 32.2. The molecular formula is C17H18O3S. The summed E-state index contributed by atoms with van der Waals surface area (Å²) in [5, 5.41) is 8.73. The van der Waals surface area contributed by atoms with E-state index in [0.29, 0.717) is 5.75 Å². The molecule has 0 saturated carbocycles.